The quantitative estimate of drug-likeness (QED) is 0.857. The predicted molar refractivity (Wildman–Crippen MR) is 78.0 cm³/mol. The van der Waals surface area contributed by atoms with Crippen LogP contribution in [-0.2, 0) is 10.0 Å². The standard InChI is InChI=1S/C12H17NO3S.C2H6/c1-10-4-3-5-11(8-10)16-12-6-7-13(9-12)17(2,14)15;1-2/h3-5,8,12H,6-7,9H2,1-2H3;1-2H3. The van der Waals surface area contributed by atoms with Crippen molar-refractivity contribution in [2.75, 3.05) is 19.3 Å². The van der Waals surface area contributed by atoms with Crippen LogP contribution in [0.2, 0.25) is 0 Å². The van der Waals surface area contributed by atoms with Crippen LogP contribution in [0.25, 0.3) is 0 Å². The molecule has 1 fully saturated rings. The first-order valence-corrected chi connectivity index (χ1v) is 8.48. The fourth-order valence-corrected chi connectivity index (χ4v) is 2.85. The van der Waals surface area contributed by atoms with Gasteiger partial charge >= 0.3 is 0 Å². The Bertz CT molecular complexity index is 499. The maximum atomic E-state index is 11.4. The van der Waals surface area contributed by atoms with Crippen LogP contribution in [0.5, 0.6) is 5.75 Å². The van der Waals surface area contributed by atoms with Crippen LogP contribution in [-0.4, -0.2) is 38.2 Å². The summed E-state index contributed by atoms with van der Waals surface area (Å²) in [6.45, 7) is 7.01. The molecule has 1 aliphatic heterocycles. The molecule has 0 aliphatic carbocycles. The molecular weight excluding hydrogens is 262 g/mol. The van der Waals surface area contributed by atoms with E-state index in [2.05, 4.69) is 0 Å². The molecule has 2 rings (SSSR count). The molecule has 1 aromatic carbocycles. The molecule has 1 aliphatic rings. The van der Waals surface area contributed by atoms with Crippen molar-refractivity contribution in [1.29, 1.82) is 0 Å². The average Bonchev–Trinajstić information content (AvgIpc) is 2.80. The van der Waals surface area contributed by atoms with Gasteiger partial charge in [-0.15, -0.1) is 0 Å². The fraction of sp³-hybridized carbons (Fsp3) is 0.571. The van der Waals surface area contributed by atoms with E-state index in [0.29, 0.717) is 13.1 Å². The second-order valence-corrected chi connectivity index (χ2v) is 6.45. The molecule has 1 saturated heterocycles. The molecule has 0 spiro atoms. The second-order valence-electron chi connectivity index (χ2n) is 4.47. The Hall–Kier alpha value is -1.07. The number of benzene rings is 1. The summed E-state index contributed by atoms with van der Waals surface area (Å²) < 4.78 is 30.0. The summed E-state index contributed by atoms with van der Waals surface area (Å²) in [4.78, 5) is 0. The van der Waals surface area contributed by atoms with E-state index in [-0.39, 0.29) is 6.10 Å². The van der Waals surface area contributed by atoms with E-state index in [1.807, 2.05) is 45.0 Å². The highest BCUT2D eigenvalue weighted by atomic mass is 32.2. The summed E-state index contributed by atoms with van der Waals surface area (Å²) in [7, 11) is -3.08. The Balaban J connectivity index is 0.000000861. The molecule has 0 bridgehead atoms. The van der Waals surface area contributed by atoms with E-state index in [0.717, 1.165) is 17.7 Å². The van der Waals surface area contributed by atoms with Crippen LogP contribution >= 0.6 is 0 Å². The lowest BCUT2D eigenvalue weighted by atomic mass is 10.2. The Morgan fingerprint density at radius 3 is 2.53 bits per heavy atom. The first-order valence-electron chi connectivity index (χ1n) is 6.63. The molecule has 1 heterocycles. The monoisotopic (exact) mass is 285 g/mol. The van der Waals surface area contributed by atoms with Crippen molar-refractivity contribution in [2.24, 2.45) is 0 Å². The van der Waals surface area contributed by atoms with Gasteiger partial charge in [-0.25, -0.2) is 8.42 Å². The van der Waals surface area contributed by atoms with Gasteiger partial charge in [-0.2, -0.15) is 4.31 Å². The second kappa shape index (κ2) is 6.91. The maximum Gasteiger partial charge on any atom is 0.211 e. The van der Waals surface area contributed by atoms with E-state index in [1.54, 1.807) is 0 Å². The third-order valence-electron chi connectivity index (χ3n) is 2.87. The van der Waals surface area contributed by atoms with Crippen LogP contribution in [0.1, 0.15) is 25.8 Å². The zero-order valence-corrected chi connectivity index (χ0v) is 12.9. The minimum absolute atomic E-state index is 0.0356. The summed E-state index contributed by atoms with van der Waals surface area (Å²) in [5.74, 6) is 0.811. The van der Waals surface area contributed by atoms with Crippen molar-refractivity contribution in [3.8, 4) is 5.75 Å². The lowest BCUT2D eigenvalue weighted by molar-refractivity contribution is 0.215. The van der Waals surface area contributed by atoms with Gasteiger partial charge in [0.25, 0.3) is 0 Å². The summed E-state index contributed by atoms with van der Waals surface area (Å²) >= 11 is 0. The molecule has 5 heteroatoms. The lowest BCUT2D eigenvalue weighted by Gasteiger charge is -2.15. The van der Waals surface area contributed by atoms with Gasteiger partial charge in [-0.05, 0) is 31.0 Å². The number of rotatable bonds is 3. The van der Waals surface area contributed by atoms with E-state index >= 15 is 0 Å². The van der Waals surface area contributed by atoms with E-state index in [4.69, 9.17) is 4.74 Å². The van der Waals surface area contributed by atoms with Crippen molar-refractivity contribution in [1.82, 2.24) is 4.31 Å². The number of sulfonamides is 1. The van der Waals surface area contributed by atoms with Gasteiger partial charge in [0.15, 0.2) is 0 Å². The minimum Gasteiger partial charge on any atom is -0.489 e. The van der Waals surface area contributed by atoms with Gasteiger partial charge < -0.3 is 4.74 Å². The number of aryl methyl sites for hydroxylation is 1. The smallest absolute Gasteiger partial charge is 0.211 e. The molecule has 1 aromatic rings. The third kappa shape index (κ3) is 4.84. The molecule has 0 saturated carbocycles. The van der Waals surface area contributed by atoms with Crippen LogP contribution in [0.4, 0.5) is 0 Å². The molecule has 0 radical (unpaired) electrons. The molecule has 1 atom stereocenters. The third-order valence-corrected chi connectivity index (χ3v) is 4.14. The summed E-state index contributed by atoms with van der Waals surface area (Å²) in [6.07, 6.45) is 1.95. The normalized spacial score (nSPS) is 19.7. The Morgan fingerprint density at radius 2 is 2.00 bits per heavy atom. The van der Waals surface area contributed by atoms with Gasteiger partial charge in [0.1, 0.15) is 11.9 Å². The topological polar surface area (TPSA) is 46.6 Å². The lowest BCUT2D eigenvalue weighted by Crippen LogP contribution is -2.29. The number of nitrogens with zero attached hydrogens (tertiary/aromatic N) is 1. The highest BCUT2D eigenvalue weighted by molar-refractivity contribution is 7.88. The SMILES string of the molecule is CC.Cc1cccc(OC2CCN(S(C)(=O)=O)C2)c1. The molecule has 1 unspecified atom stereocenters. The van der Waals surface area contributed by atoms with Gasteiger partial charge in [0.2, 0.25) is 10.0 Å². The summed E-state index contributed by atoms with van der Waals surface area (Å²) in [5, 5.41) is 0. The minimum atomic E-state index is -3.08. The number of hydrogen-bond acceptors (Lipinski definition) is 3. The zero-order chi connectivity index (χ0) is 14.5. The number of ether oxygens (including phenoxy) is 1. The summed E-state index contributed by atoms with van der Waals surface area (Å²) in [6, 6.07) is 7.80. The van der Waals surface area contributed by atoms with Crippen molar-refractivity contribution in [2.45, 2.75) is 33.3 Å². The molecule has 108 valence electrons. The van der Waals surface area contributed by atoms with E-state index < -0.39 is 10.0 Å². The van der Waals surface area contributed by atoms with Crippen molar-refractivity contribution in [3.05, 3.63) is 29.8 Å². The van der Waals surface area contributed by atoms with Crippen LogP contribution in [0, 0.1) is 6.92 Å². The maximum absolute atomic E-state index is 11.4. The van der Waals surface area contributed by atoms with Gasteiger partial charge in [-0.1, -0.05) is 26.0 Å². The first kappa shape index (κ1) is 16.0. The van der Waals surface area contributed by atoms with Gasteiger partial charge in [0.05, 0.1) is 12.8 Å². The van der Waals surface area contributed by atoms with Gasteiger partial charge in [0, 0.05) is 6.54 Å². The predicted octanol–water partition coefficient (Wildman–Crippen LogP) is 2.43. The Labute approximate surface area is 116 Å². The molecule has 0 N–H and O–H groups in total. The molecule has 0 aromatic heterocycles. The largest absolute Gasteiger partial charge is 0.489 e. The highest BCUT2D eigenvalue weighted by Gasteiger charge is 2.29. The van der Waals surface area contributed by atoms with Gasteiger partial charge in [-0.3, -0.25) is 0 Å². The Morgan fingerprint density at radius 1 is 1.32 bits per heavy atom. The average molecular weight is 285 g/mol. The highest BCUT2D eigenvalue weighted by Crippen LogP contribution is 2.20. The molecular formula is C14H23NO3S. The fourth-order valence-electron chi connectivity index (χ4n) is 1.98. The van der Waals surface area contributed by atoms with Crippen LogP contribution < -0.4 is 4.74 Å². The van der Waals surface area contributed by atoms with Crippen molar-refractivity contribution >= 4 is 10.0 Å². The molecule has 0 amide bonds. The summed E-state index contributed by atoms with van der Waals surface area (Å²) in [5.41, 5.74) is 1.14. The van der Waals surface area contributed by atoms with Crippen molar-refractivity contribution in [3.63, 3.8) is 0 Å². The molecule has 4 nitrogen and oxygen atoms in total. The van der Waals surface area contributed by atoms with Crippen LogP contribution in [0.15, 0.2) is 24.3 Å². The van der Waals surface area contributed by atoms with E-state index in [9.17, 15) is 8.42 Å². The Kier molecular flexibility index (Phi) is 5.82. The zero-order valence-electron chi connectivity index (χ0n) is 12.1. The van der Waals surface area contributed by atoms with Crippen molar-refractivity contribution < 1.29 is 13.2 Å². The first-order chi connectivity index (χ1) is 8.95. The van der Waals surface area contributed by atoms with E-state index in [1.165, 1.54) is 10.6 Å². The number of hydrogen-bond donors (Lipinski definition) is 0. The molecule has 19 heavy (non-hydrogen) atoms. The van der Waals surface area contributed by atoms with Crippen LogP contribution in [0.3, 0.4) is 0 Å².